The fourth-order valence-electron chi connectivity index (χ4n) is 4.49. The van der Waals surface area contributed by atoms with E-state index in [9.17, 15) is 9.59 Å². The quantitative estimate of drug-likeness (QED) is 0.198. The Bertz CT molecular complexity index is 1170. The number of hydrogen-bond donors (Lipinski definition) is 2. The van der Waals surface area contributed by atoms with Crippen LogP contribution in [0, 0.1) is 0 Å². The Labute approximate surface area is 222 Å². The van der Waals surface area contributed by atoms with Gasteiger partial charge in [-0.05, 0) is 93.7 Å². The molecule has 0 aliphatic carbocycles. The third-order valence-electron chi connectivity index (χ3n) is 6.48. The van der Waals surface area contributed by atoms with Crippen molar-refractivity contribution in [1.82, 2.24) is 15.6 Å². The average molecular weight is 521 g/mol. The third kappa shape index (κ3) is 8.03. The molecule has 1 unspecified atom stereocenters. The number of rotatable bonds is 11. The lowest BCUT2D eigenvalue weighted by molar-refractivity contribution is -0.127. The molecule has 3 aromatic rings. The number of likely N-dealkylation sites (tertiary alicyclic amines) is 1. The molecular weight excluding hydrogens is 488 g/mol. The molecule has 8 heteroatoms. The maximum Gasteiger partial charge on any atom is 0.257 e. The number of unbranched alkanes of at least 4 members (excludes halogenated alkanes) is 1. The number of nitrogens with zero attached hydrogens (tertiary/aromatic N) is 2. The van der Waals surface area contributed by atoms with Crippen molar-refractivity contribution in [2.75, 3.05) is 19.6 Å². The Morgan fingerprint density at radius 3 is 2.49 bits per heavy atom. The van der Waals surface area contributed by atoms with E-state index in [1.807, 2.05) is 54.6 Å². The van der Waals surface area contributed by atoms with Gasteiger partial charge in [-0.25, -0.2) is 5.43 Å². The van der Waals surface area contributed by atoms with E-state index in [4.69, 9.17) is 16.0 Å². The molecule has 4 rings (SSSR count). The van der Waals surface area contributed by atoms with Gasteiger partial charge in [0.1, 0.15) is 11.5 Å². The van der Waals surface area contributed by atoms with E-state index in [0.717, 1.165) is 44.3 Å². The van der Waals surface area contributed by atoms with Gasteiger partial charge in [0.15, 0.2) is 0 Å². The van der Waals surface area contributed by atoms with Crippen molar-refractivity contribution in [3.8, 4) is 11.3 Å². The minimum absolute atomic E-state index is 0.0718. The molecule has 1 saturated heterocycles. The van der Waals surface area contributed by atoms with E-state index in [-0.39, 0.29) is 17.9 Å². The standard InChI is InChI=1S/C29H33ClN4O3/c30-24-14-12-22(13-15-24)27-17-16-25(37-27)21-32-33-29(36)26(34-19-7-2-8-20-34)11-5-6-18-31-28(35)23-9-3-1-4-10-23/h1,3-4,9-10,12-17,21,26H,2,5-8,11,18-20H2,(H,31,35)(H,33,36)/b32-21+. The highest BCUT2D eigenvalue weighted by molar-refractivity contribution is 6.30. The first kappa shape index (κ1) is 26.6. The van der Waals surface area contributed by atoms with Gasteiger partial charge >= 0.3 is 0 Å². The van der Waals surface area contributed by atoms with Gasteiger partial charge in [0, 0.05) is 22.7 Å². The van der Waals surface area contributed by atoms with Crippen molar-refractivity contribution < 1.29 is 14.0 Å². The summed E-state index contributed by atoms with van der Waals surface area (Å²) in [4.78, 5) is 27.5. The zero-order valence-corrected chi connectivity index (χ0v) is 21.6. The summed E-state index contributed by atoms with van der Waals surface area (Å²) >= 11 is 5.95. The van der Waals surface area contributed by atoms with Crippen LogP contribution in [-0.4, -0.2) is 48.6 Å². The van der Waals surface area contributed by atoms with Gasteiger partial charge in [0.25, 0.3) is 11.8 Å². The van der Waals surface area contributed by atoms with Gasteiger partial charge in [0.2, 0.25) is 0 Å². The molecule has 0 radical (unpaired) electrons. The number of halogens is 1. The maximum absolute atomic E-state index is 13.1. The van der Waals surface area contributed by atoms with Crippen LogP contribution >= 0.6 is 11.6 Å². The van der Waals surface area contributed by atoms with E-state index < -0.39 is 0 Å². The first-order valence-corrected chi connectivity index (χ1v) is 13.2. The van der Waals surface area contributed by atoms with Crippen LogP contribution in [0.5, 0.6) is 0 Å². The minimum atomic E-state index is -0.247. The third-order valence-corrected chi connectivity index (χ3v) is 6.73. The van der Waals surface area contributed by atoms with Gasteiger partial charge in [-0.15, -0.1) is 0 Å². The lowest BCUT2D eigenvalue weighted by Crippen LogP contribution is -2.47. The maximum atomic E-state index is 13.1. The van der Waals surface area contributed by atoms with Gasteiger partial charge < -0.3 is 9.73 Å². The normalized spacial score (nSPS) is 14.9. The second-order valence-electron chi connectivity index (χ2n) is 9.17. The van der Waals surface area contributed by atoms with Crippen LogP contribution in [0.3, 0.4) is 0 Å². The van der Waals surface area contributed by atoms with Crippen LogP contribution in [0.4, 0.5) is 0 Å². The molecule has 1 aromatic heterocycles. The van der Waals surface area contributed by atoms with E-state index in [1.54, 1.807) is 12.1 Å². The molecule has 1 aliphatic rings. The number of carbonyl (C=O) groups excluding carboxylic acids is 2. The zero-order valence-electron chi connectivity index (χ0n) is 20.9. The molecule has 1 aliphatic heterocycles. The number of hydrazone groups is 1. The lowest BCUT2D eigenvalue weighted by Gasteiger charge is -2.33. The van der Waals surface area contributed by atoms with Gasteiger partial charge in [0.05, 0.1) is 12.3 Å². The van der Waals surface area contributed by atoms with Crippen LogP contribution in [-0.2, 0) is 4.79 Å². The zero-order chi connectivity index (χ0) is 25.9. The lowest BCUT2D eigenvalue weighted by atomic mass is 10.0. The van der Waals surface area contributed by atoms with Crippen LogP contribution in [0.15, 0.2) is 76.2 Å². The second-order valence-corrected chi connectivity index (χ2v) is 9.61. The highest BCUT2D eigenvalue weighted by atomic mass is 35.5. The number of amides is 2. The Hall–Kier alpha value is -3.42. The smallest absolute Gasteiger partial charge is 0.257 e. The number of carbonyl (C=O) groups is 2. The molecule has 2 aromatic carbocycles. The molecule has 1 fully saturated rings. The Balaban J connectivity index is 1.27. The van der Waals surface area contributed by atoms with Crippen molar-refractivity contribution in [3.05, 3.63) is 83.1 Å². The Kier molecular flexibility index (Phi) is 9.91. The van der Waals surface area contributed by atoms with Crippen molar-refractivity contribution >= 4 is 29.6 Å². The fraction of sp³-hybridized carbons (Fsp3) is 0.345. The average Bonchev–Trinajstić information content (AvgIpc) is 3.40. The summed E-state index contributed by atoms with van der Waals surface area (Å²) in [5, 5.41) is 7.78. The van der Waals surface area contributed by atoms with Crippen LogP contribution in [0.25, 0.3) is 11.3 Å². The minimum Gasteiger partial charge on any atom is -0.455 e. The number of furan rings is 1. The summed E-state index contributed by atoms with van der Waals surface area (Å²) < 4.78 is 5.82. The first-order valence-electron chi connectivity index (χ1n) is 12.9. The monoisotopic (exact) mass is 520 g/mol. The van der Waals surface area contributed by atoms with E-state index in [0.29, 0.717) is 35.1 Å². The largest absolute Gasteiger partial charge is 0.455 e. The topological polar surface area (TPSA) is 86.9 Å². The molecule has 37 heavy (non-hydrogen) atoms. The van der Waals surface area contributed by atoms with Gasteiger partial charge in [-0.1, -0.05) is 36.2 Å². The summed E-state index contributed by atoms with van der Waals surface area (Å²) in [6, 6.07) is 20.0. The van der Waals surface area contributed by atoms with Crippen LogP contribution in [0.2, 0.25) is 5.02 Å². The van der Waals surface area contributed by atoms with Crippen molar-refractivity contribution in [2.45, 2.75) is 44.6 Å². The van der Waals surface area contributed by atoms with Crippen LogP contribution < -0.4 is 10.7 Å². The molecule has 0 spiro atoms. The van der Waals surface area contributed by atoms with E-state index in [1.165, 1.54) is 12.6 Å². The van der Waals surface area contributed by atoms with E-state index >= 15 is 0 Å². The molecule has 194 valence electrons. The van der Waals surface area contributed by atoms with Gasteiger partial charge in [-0.3, -0.25) is 14.5 Å². The predicted molar refractivity (Wildman–Crippen MR) is 147 cm³/mol. The van der Waals surface area contributed by atoms with Crippen molar-refractivity contribution in [3.63, 3.8) is 0 Å². The summed E-state index contributed by atoms with van der Waals surface area (Å²) in [6.07, 6.45) is 7.26. The predicted octanol–water partition coefficient (Wildman–Crippen LogP) is 5.50. The molecule has 1 atom stereocenters. The van der Waals surface area contributed by atoms with Crippen molar-refractivity contribution in [1.29, 1.82) is 0 Å². The van der Waals surface area contributed by atoms with Crippen LogP contribution in [0.1, 0.15) is 54.6 Å². The Morgan fingerprint density at radius 1 is 0.973 bits per heavy atom. The van der Waals surface area contributed by atoms with E-state index in [2.05, 4.69) is 20.7 Å². The number of nitrogens with one attached hydrogen (secondary N) is 2. The number of hydrogen-bond acceptors (Lipinski definition) is 5. The molecule has 2 heterocycles. The second kappa shape index (κ2) is 13.8. The molecule has 0 bridgehead atoms. The highest BCUT2D eigenvalue weighted by Gasteiger charge is 2.26. The SMILES string of the molecule is O=C(NCCCCC(C(=O)N/N=C/c1ccc(-c2ccc(Cl)cc2)o1)N1CCCCC1)c1ccccc1. The number of piperidine rings is 1. The summed E-state index contributed by atoms with van der Waals surface area (Å²) in [6.45, 7) is 2.40. The fourth-order valence-corrected chi connectivity index (χ4v) is 4.62. The summed E-state index contributed by atoms with van der Waals surface area (Å²) in [5.41, 5.74) is 4.28. The summed E-state index contributed by atoms with van der Waals surface area (Å²) in [5.74, 6) is 1.07. The molecule has 7 nitrogen and oxygen atoms in total. The molecule has 0 saturated carbocycles. The van der Waals surface area contributed by atoms with Gasteiger partial charge in [-0.2, -0.15) is 5.10 Å². The van der Waals surface area contributed by atoms with Crippen molar-refractivity contribution in [2.24, 2.45) is 5.10 Å². The Morgan fingerprint density at radius 2 is 1.73 bits per heavy atom. The molecule has 2 amide bonds. The summed E-state index contributed by atoms with van der Waals surface area (Å²) in [7, 11) is 0. The molecular formula is C29H33ClN4O3. The highest BCUT2D eigenvalue weighted by Crippen LogP contribution is 2.23. The molecule has 2 N–H and O–H groups in total. The number of benzene rings is 2. The first-order chi connectivity index (χ1) is 18.1.